The van der Waals surface area contributed by atoms with E-state index in [1.807, 2.05) is 24.3 Å². The number of amides is 2. The number of methoxy groups -OCH3 is 1. The van der Waals surface area contributed by atoms with E-state index in [0.29, 0.717) is 28.1 Å². The molecule has 3 aromatic rings. The van der Waals surface area contributed by atoms with E-state index in [9.17, 15) is 19.7 Å². The number of hydrogen-bond donors (Lipinski definition) is 0. The molecule has 1 aliphatic rings. The van der Waals surface area contributed by atoms with Crippen LogP contribution in [0.1, 0.15) is 16.7 Å². The van der Waals surface area contributed by atoms with Gasteiger partial charge in [0.05, 0.1) is 28.0 Å². The van der Waals surface area contributed by atoms with Gasteiger partial charge in [-0.3, -0.25) is 24.6 Å². The van der Waals surface area contributed by atoms with Crippen LogP contribution in [0.2, 0.25) is 0 Å². The lowest BCUT2D eigenvalue weighted by molar-refractivity contribution is -0.385. The van der Waals surface area contributed by atoms with Crippen LogP contribution in [-0.4, -0.2) is 28.1 Å². The van der Waals surface area contributed by atoms with Crippen molar-refractivity contribution in [3.05, 3.63) is 101 Å². The summed E-state index contributed by atoms with van der Waals surface area (Å²) in [6.07, 6.45) is 1.58. The second-order valence-electron chi connectivity index (χ2n) is 7.60. The van der Waals surface area contributed by atoms with Crippen molar-refractivity contribution >= 4 is 66.5 Å². The van der Waals surface area contributed by atoms with Gasteiger partial charge in [-0.2, -0.15) is 0 Å². The first kappa shape index (κ1) is 25.9. The van der Waals surface area contributed by atoms with Gasteiger partial charge < -0.3 is 9.47 Å². The van der Waals surface area contributed by atoms with Crippen molar-refractivity contribution in [3.63, 3.8) is 0 Å². The van der Waals surface area contributed by atoms with Gasteiger partial charge in [0, 0.05) is 16.1 Å². The predicted octanol–water partition coefficient (Wildman–Crippen LogP) is 6.94. The molecule has 8 nitrogen and oxygen atoms in total. The zero-order chi connectivity index (χ0) is 25.8. The molecule has 4 rings (SSSR count). The molecule has 3 aromatic carbocycles. The summed E-state index contributed by atoms with van der Waals surface area (Å²) in [7, 11) is 1.51. The van der Waals surface area contributed by atoms with Crippen molar-refractivity contribution in [1.82, 2.24) is 4.90 Å². The number of hydrogen-bond acceptors (Lipinski definition) is 7. The van der Waals surface area contributed by atoms with Crippen LogP contribution in [0.3, 0.4) is 0 Å². The van der Waals surface area contributed by atoms with E-state index in [1.54, 1.807) is 24.3 Å². The van der Waals surface area contributed by atoms with Crippen molar-refractivity contribution in [3.8, 4) is 11.5 Å². The number of carbonyl (C=O) groups is 2. The summed E-state index contributed by atoms with van der Waals surface area (Å²) in [6.45, 7) is 0.140. The molecule has 0 unspecified atom stereocenters. The van der Waals surface area contributed by atoms with Gasteiger partial charge in [-0.15, -0.1) is 0 Å². The fraction of sp³-hybridized carbons (Fsp3) is 0.120. The highest BCUT2D eigenvalue weighted by molar-refractivity contribution is 9.10. The number of nitrogens with zero attached hydrogens (tertiary/aromatic N) is 2. The normalized spacial score (nSPS) is 14.4. The molecule has 0 N–H and O–H groups in total. The van der Waals surface area contributed by atoms with Crippen molar-refractivity contribution in [1.29, 1.82) is 0 Å². The summed E-state index contributed by atoms with van der Waals surface area (Å²) >= 11 is 7.69. The Morgan fingerprint density at radius 2 is 1.81 bits per heavy atom. The molecule has 1 saturated heterocycles. The second kappa shape index (κ2) is 11.3. The van der Waals surface area contributed by atoms with Gasteiger partial charge in [-0.05, 0) is 69.2 Å². The van der Waals surface area contributed by atoms with E-state index in [0.717, 1.165) is 26.7 Å². The van der Waals surface area contributed by atoms with Crippen LogP contribution in [0.15, 0.2) is 74.5 Å². The van der Waals surface area contributed by atoms with Crippen LogP contribution < -0.4 is 9.47 Å². The van der Waals surface area contributed by atoms with Gasteiger partial charge in [0.2, 0.25) is 0 Å². The number of nitro groups is 1. The maximum absolute atomic E-state index is 13.0. The third-order valence-electron chi connectivity index (χ3n) is 5.24. The summed E-state index contributed by atoms with van der Waals surface area (Å²) in [5, 5.41) is 10.8. The van der Waals surface area contributed by atoms with Crippen molar-refractivity contribution in [2.45, 2.75) is 13.2 Å². The van der Waals surface area contributed by atoms with E-state index in [-0.39, 0.29) is 22.7 Å². The first-order valence-corrected chi connectivity index (χ1v) is 12.9. The number of nitro benzene ring substituents is 1. The van der Waals surface area contributed by atoms with Crippen LogP contribution in [0.25, 0.3) is 6.08 Å². The summed E-state index contributed by atoms with van der Waals surface area (Å²) in [4.78, 5) is 37.5. The smallest absolute Gasteiger partial charge is 0.293 e. The Morgan fingerprint density at radius 3 is 2.50 bits per heavy atom. The Morgan fingerprint density at radius 1 is 1.08 bits per heavy atom. The lowest BCUT2D eigenvalue weighted by Crippen LogP contribution is -2.27. The van der Waals surface area contributed by atoms with E-state index in [2.05, 4.69) is 31.9 Å². The minimum absolute atomic E-state index is 0.145. The standard InChI is InChI=1S/C25H18Br2N2O6S/c1-34-21-11-16(10-19(27)23(21)35-14-15-6-8-18(26)9-7-15)12-22-24(30)28(25(31)36-22)13-17-4-2-3-5-20(17)29(32)33/h2-12H,13-14H2,1H3. The zero-order valence-corrected chi connectivity index (χ0v) is 22.8. The monoisotopic (exact) mass is 632 g/mol. The molecular formula is C25H18Br2N2O6S. The van der Waals surface area contributed by atoms with Crippen molar-refractivity contribution in [2.24, 2.45) is 0 Å². The molecule has 0 atom stereocenters. The predicted molar refractivity (Wildman–Crippen MR) is 144 cm³/mol. The van der Waals surface area contributed by atoms with E-state index in [4.69, 9.17) is 9.47 Å². The summed E-state index contributed by atoms with van der Waals surface area (Å²) in [5.74, 6) is 0.433. The van der Waals surface area contributed by atoms with Gasteiger partial charge in [0.25, 0.3) is 16.8 Å². The molecule has 0 aromatic heterocycles. The average Bonchev–Trinajstić information content (AvgIpc) is 3.11. The maximum Gasteiger partial charge on any atom is 0.293 e. The minimum Gasteiger partial charge on any atom is -0.493 e. The van der Waals surface area contributed by atoms with Gasteiger partial charge in [-0.1, -0.05) is 46.3 Å². The van der Waals surface area contributed by atoms with Crippen molar-refractivity contribution < 1.29 is 24.0 Å². The average molecular weight is 634 g/mol. The molecule has 2 amide bonds. The van der Waals surface area contributed by atoms with Crippen LogP contribution in [-0.2, 0) is 17.9 Å². The molecule has 0 saturated carbocycles. The highest BCUT2D eigenvalue weighted by Gasteiger charge is 2.36. The summed E-state index contributed by atoms with van der Waals surface area (Å²) in [6, 6.07) is 17.2. The Bertz CT molecular complexity index is 1380. The molecule has 11 heteroatoms. The van der Waals surface area contributed by atoms with E-state index < -0.39 is 16.1 Å². The molecular weight excluding hydrogens is 616 g/mol. The third kappa shape index (κ3) is 5.80. The fourth-order valence-electron chi connectivity index (χ4n) is 3.48. The zero-order valence-electron chi connectivity index (χ0n) is 18.8. The number of benzene rings is 3. The number of carbonyl (C=O) groups excluding carboxylic acids is 2. The largest absolute Gasteiger partial charge is 0.493 e. The number of rotatable bonds is 8. The van der Waals surface area contributed by atoms with Crippen LogP contribution in [0.5, 0.6) is 11.5 Å². The lowest BCUT2D eigenvalue weighted by atomic mass is 10.1. The lowest BCUT2D eigenvalue weighted by Gasteiger charge is -2.14. The van der Waals surface area contributed by atoms with Crippen LogP contribution in [0, 0.1) is 10.1 Å². The molecule has 36 heavy (non-hydrogen) atoms. The van der Waals surface area contributed by atoms with Gasteiger partial charge in [0.1, 0.15) is 6.61 Å². The number of para-hydroxylation sites is 1. The Hall–Kier alpha value is -3.15. The van der Waals surface area contributed by atoms with E-state index in [1.165, 1.54) is 25.3 Å². The summed E-state index contributed by atoms with van der Waals surface area (Å²) in [5.41, 5.74) is 1.73. The molecule has 0 radical (unpaired) electrons. The number of ether oxygens (including phenoxy) is 2. The molecule has 1 aliphatic heterocycles. The Labute approximate surface area is 227 Å². The molecule has 1 fully saturated rings. The van der Waals surface area contributed by atoms with Gasteiger partial charge >= 0.3 is 0 Å². The highest BCUT2D eigenvalue weighted by Crippen LogP contribution is 2.40. The first-order chi connectivity index (χ1) is 17.3. The molecule has 0 bridgehead atoms. The minimum atomic E-state index is -0.533. The SMILES string of the molecule is COc1cc(C=C2SC(=O)N(Cc3ccccc3[N+](=O)[O-])C2=O)cc(Br)c1OCc1ccc(Br)cc1. The Kier molecular flexibility index (Phi) is 8.12. The quantitative estimate of drug-likeness (QED) is 0.150. The Balaban J connectivity index is 1.54. The number of thioether (sulfide) groups is 1. The third-order valence-corrected chi connectivity index (χ3v) is 7.26. The molecule has 0 aliphatic carbocycles. The van der Waals surface area contributed by atoms with Crippen molar-refractivity contribution in [2.75, 3.05) is 7.11 Å². The fourth-order valence-corrected chi connectivity index (χ4v) is 5.16. The number of imide groups is 1. The summed E-state index contributed by atoms with van der Waals surface area (Å²) < 4.78 is 13.1. The topological polar surface area (TPSA) is 99.0 Å². The van der Waals surface area contributed by atoms with E-state index >= 15 is 0 Å². The second-order valence-corrected chi connectivity index (χ2v) is 10.4. The van der Waals surface area contributed by atoms with Crippen LogP contribution >= 0.6 is 43.6 Å². The maximum atomic E-state index is 13.0. The van der Waals surface area contributed by atoms with Crippen LogP contribution in [0.4, 0.5) is 10.5 Å². The molecule has 1 heterocycles. The molecule has 0 spiro atoms. The highest BCUT2D eigenvalue weighted by atomic mass is 79.9. The van der Waals surface area contributed by atoms with Gasteiger partial charge in [-0.25, -0.2) is 0 Å². The molecule has 184 valence electrons. The van der Waals surface area contributed by atoms with Gasteiger partial charge in [0.15, 0.2) is 11.5 Å². The first-order valence-electron chi connectivity index (χ1n) is 10.5. The number of halogens is 2.